The van der Waals surface area contributed by atoms with Gasteiger partial charge < -0.3 is 20.1 Å². The van der Waals surface area contributed by atoms with Gasteiger partial charge in [-0.15, -0.1) is 0 Å². The molecule has 4 aromatic rings. The Kier molecular flexibility index (Phi) is 4.57. The Morgan fingerprint density at radius 3 is 2.53 bits per heavy atom. The highest BCUT2D eigenvalue weighted by Gasteiger charge is 2.16. The second kappa shape index (κ2) is 7.67. The normalized spacial score (nSPS) is 11.9. The van der Waals surface area contributed by atoms with Crippen molar-refractivity contribution in [3.8, 4) is 22.9 Å². The molecule has 5 rings (SSSR count). The SMILES string of the molecule is Cc1cc2c(cc1Nc1nccc(Nc3cccnc3-c3ccccn3)n1)OCO2. The Balaban J connectivity index is 1.41. The van der Waals surface area contributed by atoms with E-state index < -0.39 is 0 Å². The standard InChI is InChI=1S/C22H18N6O2/c1-14-11-18-19(30-13-29-18)12-17(14)27-22-25-10-7-20(28-22)26-16-6-4-9-24-21(16)15-5-2-3-8-23-15/h2-12H,13H2,1H3,(H2,25,26,27,28). The van der Waals surface area contributed by atoms with Gasteiger partial charge >= 0.3 is 0 Å². The maximum atomic E-state index is 5.46. The molecule has 0 amide bonds. The largest absolute Gasteiger partial charge is 0.454 e. The molecule has 3 aromatic heterocycles. The number of benzene rings is 1. The molecule has 8 nitrogen and oxygen atoms in total. The first-order chi connectivity index (χ1) is 14.8. The average molecular weight is 398 g/mol. The minimum absolute atomic E-state index is 0.234. The van der Waals surface area contributed by atoms with Gasteiger partial charge in [-0.25, -0.2) is 4.98 Å². The van der Waals surface area contributed by atoms with E-state index in [-0.39, 0.29) is 6.79 Å². The molecule has 8 heteroatoms. The van der Waals surface area contributed by atoms with Crippen LogP contribution in [0.25, 0.3) is 11.4 Å². The summed E-state index contributed by atoms with van der Waals surface area (Å²) in [5, 5.41) is 6.56. The van der Waals surface area contributed by atoms with E-state index in [1.165, 1.54) is 0 Å². The van der Waals surface area contributed by atoms with Crippen molar-refractivity contribution >= 4 is 23.1 Å². The molecule has 0 bridgehead atoms. The highest BCUT2D eigenvalue weighted by molar-refractivity contribution is 5.75. The molecule has 1 aromatic carbocycles. The summed E-state index contributed by atoms with van der Waals surface area (Å²) in [6.45, 7) is 2.22. The average Bonchev–Trinajstić information content (AvgIpc) is 3.22. The Morgan fingerprint density at radius 1 is 0.800 bits per heavy atom. The zero-order valence-corrected chi connectivity index (χ0v) is 16.2. The quantitative estimate of drug-likeness (QED) is 0.509. The van der Waals surface area contributed by atoms with Crippen LogP contribution >= 0.6 is 0 Å². The fourth-order valence-electron chi connectivity index (χ4n) is 3.14. The van der Waals surface area contributed by atoms with Gasteiger partial charge in [-0.3, -0.25) is 9.97 Å². The van der Waals surface area contributed by atoms with Crippen LogP contribution in [-0.4, -0.2) is 26.7 Å². The van der Waals surface area contributed by atoms with Crippen molar-refractivity contribution < 1.29 is 9.47 Å². The van der Waals surface area contributed by atoms with Gasteiger partial charge in [-0.1, -0.05) is 6.07 Å². The summed E-state index contributed by atoms with van der Waals surface area (Å²) in [5.74, 6) is 2.54. The van der Waals surface area contributed by atoms with Crippen molar-refractivity contribution in [2.75, 3.05) is 17.4 Å². The second-order valence-corrected chi connectivity index (χ2v) is 6.65. The van der Waals surface area contributed by atoms with E-state index in [9.17, 15) is 0 Å². The van der Waals surface area contributed by atoms with E-state index in [4.69, 9.17) is 9.47 Å². The highest BCUT2D eigenvalue weighted by atomic mass is 16.7. The number of anilines is 4. The van der Waals surface area contributed by atoms with E-state index >= 15 is 0 Å². The molecular weight excluding hydrogens is 380 g/mol. The molecule has 0 saturated heterocycles. The fraction of sp³-hybridized carbons (Fsp3) is 0.0909. The maximum absolute atomic E-state index is 5.46. The van der Waals surface area contributed by atoms with Crippen molar-refractivity contribution in [3.63, 3.8) is 0 Å². The predicted molar refractivity (Wildman–Crippen MR) is 113 cm³/mol. The van der Waals surface area contributed by atoms with Crippen molar-refractivity contribution in [3.05, 3.63) is 72.7 Å². The molecule has 4 heterocycles. The second-order valence-electron chi connectivity index (χ2n) is 6.65. The molecule has 1 aliphatic rings. The molecule has 1 aliphatic heterocycles. The van der Waals surface area contributed by atoms with Gasteiger partial charge in [-0.2, -0.15) is 4.98 Å². The van der Waals surface area contributed by atoms with Gasteiger partial charge in [0, 0.05) is 30.3 Å². The number of aromatic nitrogens is 4. The first-order valence-electron chi connectivity index (χ1n) is 9.40. The van der Waals surface area contributed by atoms with Gasteiger partial charge in [0.1, 0.15) is 11.5 Å². The van der Waals surface area contributed by atoms with Crippen LogP contribution in [0.15, 0.2) is 67.1 Å². The molecule has 0 spiro atoms. The van der Waals surface area contributed by atoms with Crippen LogP contribution in [0.5, 0.6) is 11.5 Å². The number of aryl methyl sites for hydroxylation is 1. The van der Waals surface area contributed by atoms with Gasteiger partial charge in [0.25, 0.3) is 0 Å². The van der Waals surface area contributed by atoms with E-state index in [1.54, 1.807) is 24.7 Å². The lowest BCUT2D eigenvalue weighted by Crippen LogP contribution is -2.02. The number of nitrogens with zero attached hydrogens (tertiary/aromatic N) is 4. The minimum Gasteiger partial charge on any atom is -0.454 e. The summed E-state index contributed by atoms with van der Waals surface area (Å²) in [4.78, 5) is 17.8. The third-order valence-electron chi connectivity index (χ3n) is 4.60. The number of hydrogen-bond donors (Lipinski definition) is 2. The smallest absolute Gasteiger partial charge is 0.231 e. The predicted octanol–water partition coefficient (Wildman–Crippen LogP) is 4.46. The Hall–Kier alpha value is -4.20. The van der Waals surface area contributed by atoms with Crippen LogP contribution in [0.3, 0.4) is 0 Å². The molecule has 0 saturated carbocycles. The Morgan fingerprint density at radius 2 is 1.67 bits per heavy atom. The third-order valence-corrected chi connectivity index (χ3v) is 4.60. The van der Waals surface area contributed by atoms with E-state index in [0.717, 1.165) is 34.1 Å². The van der Waals surface area contributed by atoms with Crippen LogP contribution in [0, 0.1) is 6.92 Å². The molecule has 0 atom stereocenters. The van der Waals surface area contributed by atoms with Crippen molar-refractivity contribution in [1.82, 2.24) is 19.9 Å². The minimum atomic E-state index is 0.234. The molecule has 0 fully saturated rings. The molecule has 0 radical (unpaired) electrons. The summed E-state index contributed by atoms with van der Waals surface area (Å²) in [6.07, 6.45) is 5.18. The van der Waals surface area contributed by atoms with Gasteiger partial charge in [0.2, 0.25) is 12.7 Å². The van der Waals surface area contributed by atoms with Crippen LogP contribution in [0.4, 0.5) is 23.1 Å². The summed E-state index contributed by atoms with van der Waals surface area (Å²) >= 11 is 0. The highest BCUT2D eigenvalue weighted by Crippen LogP contribution is 2.37. The van der Waals surface area contributed by atoms with Crippen molar-refractivity contribution in [2.45, 2.75) is 6.92 Å². The van der Waals surface area contributed by atoms with E-state index in [1.807, 2.05) is 49.4 Å². The maximum Gasteiger partial charge on any atom is 0.231 e. The van der Waals surface area contributed by atoms with Crippen LogP contribution in [0.1, 0.15) is 5.56 Å². The molecule has 30 heavy (non-hydrogen) atoms. The summed E-state index contributed by atoms with van der Waals surface area (Å²) in [6, 6.07) is 15.2. The number of hydrogen-bond acceptors (Lipinski definition) is 8. The third kappa shape index (κ3) is 3.58. The molecule has 2 N–H and O–H groups in total. The number of fused-ring (bicyclic) bond motifs is 1. The number of pyridine rings is 2. The van der Waals surface area contributed by atoms with E-state index in [0.29, 0.717) is 17.5 Å². The molecule has 0 unspecified atom stereocenters. The van der Waals surface area contributed by atoms with Gasteiger partial charge in [0.05, 0.1) is 11.4 Å². The first kappa shape index (κ1) is 17.9. The lowest BCUT2D eigenvalue weighted by atomic mass is 10.2. The summed E-state index contributed by atoms with van der Waals surface area (Å²) in [7, 11) is 0. The fourth-order valence-corrected chi connectivity index (χ4v) is 3.14. The van der Waals surface area contributed by atoms with Gasteiger partial charge in [0.15, 0.2) is 11.5 Å². The number of ether oxygens (including phenoxy) is 2. The Labute approximate surface area is 173 Å². The Bertz CT molecular complexity index is 1200. The van der Waals surface area contributed by atoms with Crippen LogP contribution in [0.2, 0.25) is 0 Å². The number of rotatable bonds is 5. The summed E-state index contributed by atoms with van der Waals surface area (Å²) < 4.78 is 10.9. The molecule has 148 valence electrons. The monoisotopic (exact) mass is 398 g/mol. The zero-order chi connectivity index (χ0) is 20.3. The molecule has 0 aliphatic carbocycles. The number of nitrogens with one attached hydrogen (secondary N) is 2. The van der Waals surface area contributed by atoms with Gasteiger partial charge in [-0.05, 0) is 48.9 Å². The van der Waals surface area contributed by atoms with Crippen LogP contribution < -0.4 is 20.1 Å². The topological polar surface area (TPSA) is 94.1 Å². The molecular formula is C22H18N6O2. The zero-order valence-electron chi connectivity index (χ0n) is 16.2. The van der Waals surface area contributed by atoms with E-state index in [2.05, 4.69) is 30.6 Å². The van der Waals surface area contributed by atoms with Crippen molar-refractivity contribution in [1.29, 1.82) is 0 Å². The van der Waals surface area contributed by atoms with Crippen LogP contribution in [-0.2, 0) is 0 Å². The summed E-state index contributed by atoms with van der Waals surface area (Å²) in [5.41, 5.74) is 4.19. The lowest BCUT2D eigenvalue weighted by molar-refractivity contribution is 0.174. The van der Waals surface area contributed by atoms with Crippen molar-refractivity contribution in [2.24, 2.45) is 0 Å². The first-order valence-corrected chi connectivity index (χ1v) is 9.40. The lowest BCUT2D eigenvalue weighted by Gasteiger charge is -2.12.